The van der Waals surface area contributed by atoms with Gasteiger partial charge in [0.1, 0.15) is 5.82 Å². The second-order valence-corrected chi connectivity index (χ2v) is 6.73. The molecule has 1 heterocycles. The summed E-state index contributed by atoms with van der Waals surface area (Å²) in [6, 6.07) is 15.7. The van der Waals surface area contributed by atoms with Crippen molar-refractivity contribution in [3.05, 3.63) is 65.3 Å². The van der Waals surface area contributed by atoms with Crippen molar-refractivity contribution in [1.29, 1.82) is 0 Å². The van der Waals surface area contributed by atoms with Gasteiger partial charge in [-0.3, -0.25) is 4.79 Å². The molecule has 0 aliphatic heterocycles. The molecule has 3 rings (SSSR count). The largest absolute Gasteiger partial charge is 0.399 e. The van der Waals surface area contributed by atoms with Crippen LogP contribution in [0.1, 0.15) is 9.67 Å². The molecular weight excluding hydrogens is 323 g/mol. The lowest BCUT2D eigenvalue weighted by molar-refractivity contribution is 0.0832. The first kappa shape index (κ1) is 16.2. The molecular formula is C19H17FN2OS. The number of nitrogen functional groups attached to an aromatic ring is 1. The number of carbonyl (C=O) groups excluding carboxylic acids is 1. The highest BCUT2D eigenvalue weighted by Gasteiger charge is 2.18. The summed E-state index contributed by atoms with van der Waals surface area (Å²) in [5, 5.41) is 0. The molecule has 5 heteroatoms. The minimum absolute atomic E-state index is 0.0509. The zero-order chi connectivity index (χ0) is 17.3. The third-order valence-electron chi connectivity index (χ3n) is 3.68. The van der Waals surface area contributed by atoms with Crippen molar-refractivity contribution in [3.8, 4) is 21.6 Å². The van der Waals surface area contributed by atoms with Crippen molar-refractivity contribution in [3.63, 3.8) is 0 Å². The van der Waals surface area contributed by atoms with Gasteiger partial charge in [-0.2, -0.15) is 0 Å². The molecule has 1 aromatic heterocycles. The van der Waals surface area contributed by atoms with Crippen molar-refractivity contribution in [1.82, 2.24) is 4.90 Å². The van der Waals surface area contributed by atoms with Crippen LogP contribution >= 0.6 is 11.3 Å². The fraction of sp³-hybridized carbons (Fsp3) is 0.105. The van der Waals surface area contributed by atoms with Gasteiger partial charge in [0.2, 0.25) is 0 Å². The molecule has 24 heavy (non-hydrogen) atoms. The number of amides is 1. The summed E-state index contributed by atoms with van der Waals surface area (Å²) in [4.78, 5) is 15.5. The van der Waals surface area contributed by atoms with Crippen molar-refractivity contribution in [2.75, 3.05) is 19.8 Å². The number of rotatable bonds is 3. The van der Waals surface area contributed by atoms with E-state index in [1.165, 1.54) is 23.5 Å². The van der Waals surface area contributed by atoms with E-state index in [2.05, 4.69) is 0 Å². The van der Waals surface area contributed by atoms with Crippen molar-refractivity contribution < 1.29 is 9.18 Å². The average Bonchev–Trinajstić information content (AvgIpc) is 3.00. The summed E-state index contributed by atoms with van der Waals surface area (Å²) in [5.74, 6) is -0.334. The molecule has 3 aromatic rings. The zero-order valence-corrected chi connectivity index (χ0v) is 14.2. The van der Waals surface area contributed by atoms with Crippen LogP contribution < -0.4 is 5.73 Å². The van der Waals surface area contributed by atoms with E-state index >= 15 is 0 Å². The quantitative estimate of drug-likeness (QED) is 0.713. The van der Waals surface area contributed by atoms with E-state index < -0.39 is 0 Å². The first-order valence-corrected chi connectivity index (χ1v) is 8.24. The lowest BCUT2D eigenvalue weighted by Gasteiger charge is -2.07. The van der Waals surface area contributed by atoms with E-state index in [0.717, 1.165) is 21.6 Å². The van der Waals surface area contributed by atoms with E-state index in [9.17, 15) is 9.18 Å². The van der Waals surface area contributed by atoms with Crippen LogP contribution in [0.5, 0.6) is 0 Å². The second kappa shape index (κ2) is 6.45. The Hall–Kier alpha value is -2.66. The number of hydrogen-bond acceptors (Lipinski definition) is 3. The Bertz CT molecular complexity index is 804. The molecule has 0 radical (unpaired) electrons. The number of nitrogens with two attached hydrogens (primary N) is 1. The summed E-state index contributed by atoms with van der Waals surface area (Å²) in [6.07, 6.45) is 0. The predicted octanol–water partition coefficient (Wildman–Crippen LogP) is 4.51. The maximum atomic E-state index is 13.2. The van der Waals surface area contributed by atoms with Gasteiger partial charge in [-0.15, -0.1) is 11.3 Å². The Morgan fingerprint density at radius 1 is 1.00 bits per heavy atom. The number of hydrogen-bond donors (Lipinski definition) is 1. The lowest BCUT2D eigenvalue weighted by Crippen LogP contribution is -2.20. The van der Waals surface area contributed by atoms with Gasteiger partial charge in [0, 0.05) is 30.2 Å². The van der Waals surface area contributed by atoms with Gasteiger partial charge in [0.15, 0.2) is 0 Å². The first-order chi connectivity index (χ1) is 11.5. The van der Waals surface area contributed by atoms with Gasteiger partial charge in [0.05, 0.1) is 4.88 Å². The highest BCUT2D eigenvalue weighted by atomic mass is 32.1. The number of carbonyl (C=O) groups is 1. The van der Waals surface area contributed by atoms with Crippen LogP contribution in [0.25, 0.3) is 21.6 Å². The van der Waals surface area contributed by atoms with Gasteiger partial charge in [-0.1, -0.05) is 24.3 Å². The maximum absolute atomic E-state index is 13.2. The number of thiophene rings is 1. The van der Waals surface area contributed by atoms with Crippen LogP contribution in [-0.4, -0.2) is 24.9 Å². The molecule has 0 bridgehead atoms. The Balaban J connectivity index is 2.16. The number of benzene rings is 2. The summed E-state index contributed by atoms with van der Waals surface area (Å²) in [7, 11) is 3.45. The highest BCUT2D eigenvalue weighted by Crippen LogP contribution is 2.40. The van der Waals surface area contributed by atoms with Gasteiger partial charge in [-0.05, 0) is 41.5 Å². The Labute approximate surface area is 144 Å². The van der Waals surface area contributed by atoms with Crippen LogP contribution in [0, 0.1) is 5.82 Å². The Morgan fingerprint density at radius 2 is 1.58 bits per heavy atom. The molecule has 122 valence electrons. The smallest absolute Gasteiger partial charge is 0.263 e. The third kappa shape index (κ3) is 3.16. The van der Waals surface area contributed by atoms with E-state index in [1.54, 1.807) is 31.1 Å². The lowest BCUT2D eigenvalue weighted by atomic mass is 10.0. The van der Waals surface area contributed by atoms with Gasteiger partial charge in [0.25, 0.3) is 5.91 Å². The van der Waals surface area contributed by atoms with Crippen molar-refractivity contribution in [2.24, 2.45) is 0 Å². The van der Waals surface area contributed by atoms with Crippen LogP contribution in [-0.2, 0) is 0 Å². The molecule has 2 N–H and O–H groups in total. The van der Waals surface area contributed by atoms with Crippen LogP contribution in [0.2, 0.25) is 0 Å². The normalized spacial score (nSPS) is 10.6. The van der Waals surface area contributed by atoms with Crippen molar-refractivity contribution in [2.45, 2.75) is 0 Å². The topological polar surface area (TPSA) is 46.3 Å². The molecule has 0 atom stereocenters. The first-order valence-electron chi connectivity index (χ1n) is 7.43. The van der Waals surface area contributed by atoms with Crippen molar-refractivity contribution >= 4 is 22.9 Å². The van der Waals surface area contributed by atoms with E-state index in [1.807, 2.05) is 30.3 Å². The molecule has 1 amide bonds. The number of halogens is 1. The summed E-state index contributed by atoms with van der Waals surface area (Å²) in [6.45, 7) is 0. The number of nitrogens with zero attached hydrogens (tertiary/aromatic N) is 1. The van der Waals surface area contributed by atoms with Gasteiger partial charge in [-0.25, -0.2) is 4.39 Å². The van der Waals surface area contributed by atoms with E-state index in [0.29, 0.717) is 10.6 Å². The molecule has 0 saturated carbocycles. The average molecular weight is 340 g/mol. The minimum atomic E-state index is -0.283. The molecule has 0 fully saturated rings. The minimum Gasteiger partial charge on any atom is -0.399 e. The summed E-state index contributed by atoms with van der Waals surface area (Å²) < 4.78 is 13.2. The molecule has 0 saturated heterocycles. The fourth-order valence-electron chi connectivity index (χ4n) is 2.41. The Morgan fingerprint density at radius 3 is 2.17 bits per heavy atom. The standard InChI is InChI=1S/C19H17FN2OS/c1-22(2)19(23)17-11-16(12-5-9-15(21)10-6-12)18(24-17)13-3-7-14(20)8-4-13/h3-11H,21H2,1-2H3. The Kier molecular flexibility index (Phi) is 4.36. The summed E-state index contributed by atoms with van der Waals surface area (Å²) in [5.41, 5.74) is 9.24. The summed E-state index contributed by atoms with van der Waals surface area (Å²) >= 11 is 1.41. The molecule has 0 aliphatic carbocycles. The van der Waals surface area contributed by atoms with Crippen LogP contribution in [0.3, 0.4) is 0 Å². The highest BCUT2D eigenvalue weighted by molar-refractivity contribution is 7.18. The van der Waals surface area contributed by atoms with E-state index in [-0.39, 0.29) is 11.7 Å². The second-order valence-electron chi connectivity index (χ2n) is 5.68. The third-order valence-corrected chi connectivity index (χ3v) is 4.85. The predicted molar refractivity (Wildman–Crippen MR) is 97.6 cm³/mol. The van der Waals surface area contributed by atoms with Gasteiger partial charge >= 0.3 is 0 Å². The fourth-order valence-corrected chi connectivity index (χ4v) is 3.62. The zero-order valence-electron chi connectivity index (χ0n) is 13.4. The maximum Gasteiger partial charge on any atom is 0.263 e. The van der Waals surface area contributed by atoms with E-state index in [4.69, 9.17) is 5.73 Å². The number of anilines is 1. The SMILES string of the molecule is CN(C)C(=O)c1cc(-c2ccc(N)cc2)c(-c2ccc(F)cc2)s1. The van der Waals surface area contributed by atoms with Crippen LogP contribution in [0.15, 0.2) is 54.6 Å². The molecule has 2 aromatic carbocycles. The molecule has 3 nitrogen and oxygen atoms in total. The van der Waals surface area contributed by atoms with Gasteiger partial charge < -0.3 is 10.6 Å². The monoisotopic (exact) mass is 340 g/mol. The molecule has 0 aliphatic rings. The van der Waals surface area contributed by atoms with Crippen LogP contribution in [0.4, 0.5) is 10.1 Å². The molecule has 0 unspecified atom stereocenters. The molecule has 0 spiro atoms.